The number of aliphatic hydroxyl groups excluding tert-OH is 1. The van der Waals surface area contributed by atoms with E-state index in [1.807, 2.05) is 42.5 Å². The van der Waals surface area contributed by atoms with Crippen molar-refractivity contribution in [3.05, 3.63) is 70.7 Å². The third-order valence-electron chi connectivity index (χ3n) is 3.07. The minimum Gasteiger partial charge on any atom is -0.459 e. The van der Waals surface area contributed by atoms with Crippen LogP contribution >= 0.6 is 23.2 Å². The molecule has 2 rings (SSSR count). The number of hydrogen-bond donors (Lipinski definition) is 1. The summed E-state index contributed by atoms with van der Waals surface area (Å²) in [6.45, 7) is -0.146. The molecule has 0 aliphatic heterocycles. The van der Waals surface area contributed by atoms with Crippen molar-refractivity contribution >= 4 is 40.8 Å². The second-order valence-corrected chi connectivity index (χ2v) is 5.63. The van der Waals surface area contributed by atoms with Gasteiger partial charge in [0.1, 0.15) is 12.7 Å². The number of hydrogen-bond acceptors (Lipinski definition) is 3. The number of carbonyl (C=O) groups is 1. The van der Waals surface area contributed by atoms with E-state index in [0.29, 0.717) is 10.6 Å². The van der Waals surface area contributed by atoms with Crippen LogP contribution in [0.25, 0.3) is 11.6 Å². The molecule has 0 spiro atoms. The van der Waals surface area contributed by atoms with Gasteiger partial charge in [-0.05, 0) is 29.3 Å². The molecule has 2 aromatic carbocycles. The molecule has 2 aromatic rings. The highest BCUT2D eigenvalue weighted by Gasteiger charge is 2.15. The van der Waals surface area contributed by atoms with Crippen molar-refractivity contribution < 1.29 is 14.6 Å². The summed E-state index contributed by atoms with van der Waals surface area (Å²) in [6, 6.07) is 16.3. The molecule has 0 aliphatic rings. The third kappa shape index (κ3) is 5.39. The number of rotatable bonds is 6. The highest BCUT2D eigenvalue weighted by atomic mass is 35.5. The number of aliphatic hydroxyl groups is 1. The smallest absolute Gasteiger partial charge is 0.338 e. The first-order valence-electron chi connectivity index (χ1n) is 7.04. The molecule has 0 radical (unpaired) electrons. The molecule has 1 N–H and O–H groups in total. The van der Waals surface area contributed by atoms with Gasteiger partial charge in [-0.2, -0.15) is 0 Å². The van der Waals surface area contributed by atoms with E-state index in [2.05, 4.69) is 0 Å². The fourth-order valence-corrected chi connectivity index (χ4v) is 2.11. The Hall–Kier alpha value is -1.81. The lowest BCUT2D eigenvalue weighted by atomic mass is 10.0. The van der Waals surface area contributed by atoms with Gasteiger partial charge in [-0.25, -0.2) is 4.79 Å². The Morgan fingerprint density at radius 1 is 1.13 bits per heavy atom. The summed E-state index contributed by atoms with van der Waals surface area (Å²) in [6.07, 6.45) is 0.842. The van der Waals surface area contributed by atoms with Crippen molar-refractivity contribution in [2.75, 3.05) is 12.5 Å². The molecule has 5 heteroatoms. The Bertz CT molecular complexity index is 666. The van der Waals surface area contributed by atoms with Gasteiger partial charge in [-0.15, -0.1) is 11.6 Å². The van der Waals surface area contributed by atoms with Gasteiger partial charge >= 0.3 is 5.97 Å². The van der Waals surface area contributed by atoms with Crippen LogP contribution in [0, 0.1) is 0 Å². The summed E-state index contributed by atoms with van der Waals surface area (Å²) in [7, 11) is 0. The summed E-state index contributed by atoms with van der Waals surface area (Å²) >= 11 is 11.4. The molecule has 120 valence electrons. The molecule has 3 nitrogen and oxygen atoms in total. The molecule has 0 amide bonds. The van der Waals surface area contributed by atoms with Crippen LogP contribution in [0.1, 0.15) is 11.1 Å². The minimum absolute atomic E-state index is 0.00878. The molecule has 1 unspecified atom stereocenters. The predicted octanol–water partition coefficient (Wildman–Crippen LogP) is 4.02. The van der Waals surface area contributed by atoms with Crippen molar-refractivity contribution in [1.82, 2.24) is 0 Å². The first-order valence-corrected chi connectivity index (χ1v) is 7.95. The SMILES string of the molecule is O=C(OCC(O)CCl)/C(=C/c1ccc(Cl)cc1)c1ccccc1. The monoisotopic (exact) mass is 350 g/mol. The maximum Gasteiger partial charge on any atom is 0.338 e. The second kappa shape index (κ2) is 8.73. The summed E-state index contributed by atoms with van der Waals surface area (Å²) in [4.78, 5) is 12.4. The molecule has 0 aliphatic carbocycles. The molecule has 0 saturated carbocycles. The number of esters is 1. The lowest BCUT2D eigenvalue weighted by Gasteiger charge is -2.11. The first kappa shape index (κ1) is 17.5. The Kier molecular flexibility index (Phi) is 6.66. The molecular formula is C18H16Cl2O3. The Balaban J connectivity index is 2.28. The zero-order valence-electron chi connectivity index (χ0n) is 12.3. The van der Waals surface area contributed by atoms with Crippen LogP contribution in [-0.2, 0) is 9.53 Å². The highest BCUT2D eigenvalue weighted by Crippen LogP contribution is 2.21. The zero-order valence-corrected chi connectivity index (χ0v) is 13.8. The van der Waals surface area contributed by atoms with Gasteiger partial charge in [0.25, 0.3) is 0 Å². The molecule has 0 bridgehead atoms. The zero-order chi connectivity index (χ0) is 16.7. The van der Waals surface area contributed by atoms with E-state index in [1.54, 1.807) is 18.2 Å². The van der Waals surface area contributed by atoms with E-state index in [1.165, 1.54) is 0 Å². The number of alkyl halides is 1. The van der Waals surface area contributed by atoms with E-state index < -0.39 is 12.1 Å². The van der Waals surface area contributed by atoms with Crippen LogP contribution in [-0.4, -0.2) is 29.7 Å². The maximum atomic E-state index is 12.4. The normalized spacial score (nSPS) is 12.7. The molecule has 23 heavy (non-hydrogen) atoms. The number of carbonyl (C=O) groups excluding carboxylic acids is 1. The number of halogens is 2. The summed E-state index contributed by atoms with van der Waals surface area (Å²) in [5, 5.41) is 10.1. The standard InChI is InChI=1S/C18H16Cl2O3/c19-11-16(21)12-23-18(22)17(14-4-2-1-3-5-14)10-13-6-8-15(20)9-7-13/h1-10,16,21H,11-12H2/b17-10+. The third-order valence-corrected chi connectivity index (χ3v) is 3.68. The van der Waals surface area contributed by atoms with Gasteiger partial charge in [0.05, 0.1) is 11.5 Å². The van der Waals surface area contributed by atoms with Crippen molar-refractivity contribution in [1.29, 1.82) is 0 Å². The maximum absolute atomic E-state index is 12.4. The van der Waals surface area contributed by atoms with Gasteiger partial charge in [0.2, 0.25) is 0 Å². The predicted molar refractivity (Wildman–Crippen MR) is 93.5 cm³/mol. The first-order chi connectivity index (χ1) is 11.1. The molecule has 0 aromatic heterocycles. The Morgan fingerprint density at radius 3 is 2.39 bits per heavy atom. The van der Waals surface area contributed by atoms with Crippen LogP contribution < -0.4 is 0 Å². The summed E-state index contributed by atoms with van der Waals surface area (Å²) in [5.74, 6) is -0.509. The lowest BCUT2D eigenvalue weighted by molar-refractivity contribution is -0.139. The van der Waals surface area contributed by atoms with E-state index in [-0.39, 0.29) is 12.5 Å². The van der Waals surface area contributed by atoms with E-state index >= 15 is 0 Å². The fraction of sp³-hybridized carbons (Fsp3) is 0.167. The van der Waals surface area contributed by atoms with Crippen molar-refractivity contribution in [2.45, 2.75) is 6.10 Å². The average molecular weight is 351 g/mol. The number of benzene rings is 2. The van der Waals surface area contributed by atoms with Gasteiger partial charge < -0.3 is 9.84 Å². The van der Waals surface area contributed by atoms with Crippen molar-refractivity contribution in [2.24, 2.45) is 0 Å². The van der Waals surface area contributed by atoms with E-state index in [0.717, 1.165) is 11.1 Å². The molecular weight excluding hydrogens is 335 g/mol. The van der Waals surface area contributed by atoms with Gasteiger partial charge in [-0.1, -0.05) is 54.1 Å². The van der Waals surface area contributed by atoms with Gasteiger partial charge in [0, 0.05) is 5.02 Å². The molecule has 0 saturated heterocycles. The van der Waals surface area contributed by atoms with Gasteiger partial charge in [0.15, 0.2) is 0 Å². The molecule has 0 heterocycles. The topological polar surface area (TPSA) is 46.5 Å². The lowest BCUT2D eigenvalue weighted by Crippen LogP contribution is -2.20. The van der Waals surface area contributed by atoms with Gasteiger partial charge in [-0.3, -0.25) is 0 Å². The minimum atomic E-state index is -0.881. The highest BCUT2D eigenvalue weighted by molar-refractivity contribution is 6.30. The summed E-state index contributed by atoms with van der Waals surface area (Å²) < 4.78 is 5.14. The van der Waals surface area contributed by atoms with Crippen LogP contribution in [0.4, 0.5) is 0 Å². The number of ether oxygens (including phenoxy) is 1. The summed E-state index contributed by atoms with van der Waals surface area (Å²) in [5.41, 5.74) is 1.95. The van der Waals surface area contributed by atoms with Crippen LogP contribution in [0.5, 0.6) is 0 Å². The van der Waals surface area contributed by atoms with Crippen LogP contribution in [0.2, 0.25) is 5.02 Å². The Labute approximate surface area is 145 Å². The van der Waals surface area contributed by atoms with Crippen molar-refractivity contribution in [3.8, 4) is 0 Å². The van der Waals surface area contributed by atoms with E-state index in [9.17, 15) is 9.90 Å². The van der Waals surface area contributed by atoms with E-state index in [4.69, 9.17) is 27.9 Å². The average Bonchev–Trinajstić information content (AvgIpc) is 2.59. The largest absolute Gasteiger partial charge is 0.459 e. The molecule has 0 fully saturated rings. The second-order valence-electron chi connectivity index (χ2n) is 4.88. The molecule has 1 atom stereocenters. The van der Waals surface area contributed by atoms with Crippen LogP contribution in [0.3, 0.4) is 0 Å². The fourth-order valence-electron chi connectivity index (χ4n) is 1.90. The van der Waals surface area contributed by atoms with Crippen LogP contribution in [0.15, 0.2) is 54.6 Å². The Morgan fingerprint density at radius 2 is 1.78 bits per heavy atom. The quantitative estimate of drug-likeness (QED) is 0.370. The van der Waals surface area contributed by atoms with Crippen molar-refractivity contribution in [3.63, 3.8) is 0 Å².